The van der Waals surface area contributed by atoms with Crippen LogP contribution in [0.5, 0.6) is 5.75 Å². The number of aliphatic hydroxyl groups is 1. The first-order valence-electron chi connectivity index (χ1n) is 11.0. The van der Waals surface area contributed by atoms with E-state index in [0.29, 0.717) is 27.6 Å². The summed E-state index contributed by atoms with van der Waals surface area (Å²) in [5.74, 6) is -0.830. The largest absolute Gasteiger partial charge is 0.507 e. The Kier molecular flexibility index (Phi) is 6.49. The molecule has 0 spiro atoms. The summed E-state index contributed by atoms with van der Waals surface area (Å²) >= 11 is 6.20. The standard InChI is InChI=1S/C28H26ClNO4/c1-16(2)21-15-22(17(3)13-23(21)34-4)26(31)24-25(18-9-6-5-7-10-18)30(28(33)27(24)32)20-12-8-11-19(29)14-20/h5-16,25,31H,1-4H3/b26-24+. The number of carbonyl (C=O) groups excluding carboxylic acids is 2. The van der Waals surface area contributed by atoms with Crippen LogP contribution >= 0.6 is 11.6 Å². The van der Waals surface area contributed by atoms with Crippen molar-refractivity contribution in [1.82, 2.24) is 0 Å². The summed E-state index contributed by atoms with van der Waals surface area (Å²) in [6.07, 6.45) is 0. The Morgan fingerprint density at radius 3 is 2.35 bits per heavy atom. The first-order chi connectivity index (χ1) is 16.2. The second-order valence-corrected chi connectivity index (χ2v) is 9.06. The molecular weight excluding hydrogens is 450 g/mol. The Balaban J connectivity index is 1.98. The van der Waals surface area contributed by atoms with Crippen LogP contribution in [0.1, 0.15) is 48.1 Å². The van der Waals surface area contributed by atoms with Crippen molar-refractivity contribution in [3.05, 3.63) is 99.6 Å². The second-order valence-electron chi connectivity index (χ2n) is 8.62. The predicted molar refractivity (Wildman–Crippen MR) is 134 cm³/mol. The number of hydrogen-bond acceptors (Lipinski definition) is 4. The summed E-state index contributed by atoms with van der Waals surface area (Å²) in [5.41, 5.74) is 3.36. The van der Waals surface area contributed by atoms with E-state index in [4.69, 9.17) is 16.3 Å². The normalized spacial score (nSPS) is 17.5. The van der Waals surface area contributed by atoms with Gasteiger partial charge in [0.2, 0.25) is 0 Å². The number of ketones is 1. The van der Waals surface area contributed by atoms with Gasteiger partial charge < -0.3 is 9.84 Å². The summed E-state index contributed by atoms with van der Waals surface area (Å²) in [4.78, 5) is 28.0. The molecular formula is C28H26ClNO4. The number of rotatable bonds is 5. The highest BCUT2D eigenvalue weighted by Gasteiger charge is 2.47. The van der Waals surface area contributed by atoms with Gasteiger partial charge >= 0.3 is 0 Å². The monoisotopic (exact) mass is 475 g/mol. The van der Waals surface area contributed by atoms with Crippen molar-refractivity contribution >= 4 is 34.7 Å². The number of carbonyl (C=O) groups is 2. The Bertz CT molecular complexity index is 1300. The smallest absolute Gasteiger partial charge is 0.300 e. The van der Waals surface area contributed by atoms with E-state index in [1.165, 1.54) is 4.90 Å². The highest BCUT2D eigenvalue weighted by atomic mass is 35.5. The third-order valence-electron chi connectivity index (χ3n) is 6.10. The third-order valence-corrected chi connectivity index (χ3v) is 6.34. The van der Waals surface area contributed by atoms with Crippen molar-refractivity contribution < 1.29 is 19.4 Å². The number of benzene rings is 3. The molecule has 1 aliphatic rings. The number of hydrogen-bond donors (Lipinski definition) is 1. The lowest BCUT2D eigenvalue weighted by Crippen LogP contribution is -2.29. The lowest BCUT2D eigenvalue weighted by molar-refractivity contribution is -0.132. The molecule has 0 aromatic heterocycles. The lowest BCUT2D eigenvalue weighted by Gasteiger charge is -2.26. The number of anilines is 1. The molecule has 4 rings (SSSR count). The zero-order valence-corrected chi connectivity index (χ0v) is 20.3. The quantitative estimate of drug-likeness (QED) is 0.263. The van der Waals surface area contributed by atoms with E-state index >= 15 is 0 Å². The van der Waals surface area contributed by atoms with Crippen molar-refractivity contribution in [3.63, 3.8) is 0 Å². The molecule has 3 aromatic rings. The summed E-state index contributed by atoms with van der Waals surface area (Å²) in [7, 11) is 1.60. The predicted octanol–water partition coefficient (Wildman–Crippen LogP) is 6.41. The van der Waals surface area contributed by atoms with Gasteiger partial charge in [0.25, 0.3) is 11.7 Å². The number of aliphatic hydroxyl groups excluding tert-OH is 1. The molecule has 1 saturated heterocycles. The van der Waals surface area contributed by atoms with Crippen molar-refractivity contribution in [2.45, 2.75) is 32.7 Å². The summed E-state index contributed by atoms with van der Waals surface area (Å²) < 4.78 is 5.52. The topological polar surface area (TPSA) is 66.8 Å². The maximum atomic E-state index is 13.4. The molecule has 34 heavy (non-hydrogen) atoms. The summed E-state index contributed by atoms with van der Waals surface area (Å²) in [6, 6.07) is 18.9. The molecule has 1 atom stereocenters. The number of amides is 1. The average molecular weight is 476 g/mol. The molecule has 1 fully saturated rings. The molecule has 1 aliphatic heterocycles. The van der Waals surface area contributed by atoms with Gasteiger partial charge in [0.1, 0.15) is 11.5 Å². The van der Waals surface area contributed by atoms with E-state index in [2.05, 4.69) is 0 Å². The molecule has 0 saturated carbocycles. The van der Waals surface area contributed by atoms with E-state index in [1.807, 2.05) is 63.2 Å². The van der Waals surface area contributed by atoms with Gasteiger partial charge in [-0.25, -0.2) is 0 Å². The Hall–Kier alpha value is -3.57. The van der Waals surface area contributed by atoms with Gasteiger partial charge in [0.05, 0.1) is 18.7 Å². The molecule has 5 nitrogen and oxygen atoms in total. The second kappa shape index (κ2) is 9.35. The first kappa shape index (κ1) is 23.6. The van der Waals surface area contributed by atoms with Gasteiger partial charge in [-0.3, -0.25) is 14.5 Å². The van der Waals surface area contributed by atoms with Crippen LogP contribution < -0.4 is 9.64 Å². The SMILES string of the molecule is COc1cc(C)c(/C(O)=C2\C(=O)C(=O)N(c3cccc(Cl)c3)C2c2ccccc2)cc1C(C)C. The highest BCUT2D eigenvalue weighted by molar-refractivity contribution is 6.51. The molecule has 0 radical (unpaired) electrons. The molecule has 1 N–H and O–H groups in total. The molecule has 1 heterocycles. The highest BCUT2D eigenvalue weighted by Crippen LogP contribution is 2.43. The number of halogens is 1. The number of ether oxygens (including phenoxy) is 1. The number of nitrogens with zero attached hydrogens (tertiary/aromatic N) is 1. The molecule has 0 bridgehead atoms. The van der Waals surface area contributed by atoms with Gasteiger partial charge in [-0.1, -0.05) is 61.8 Å². The van der Waals surface area contributed by atoms with Crippen molar-refractivity contribution in [3.8, 4) is 5.75 Å². The Labute approximate surface area is 204 Å². The summed E-state index contributed by atoms with van der Waals surface area (Å²) in [5, 5.41) is 12.0. The minimum atomic E-state index is -0.802. The Morgan fingerprint density at radius 1 is 1.03 bits per heavy atom. The van der Waals surface area contributed by atoms with Crippen LogP contribution in [0.3, 0.4) is 0 Å². The van der Waals surface area contributed by atoms with Gasteiger partial charge in [-0.15, -0.1) is 0 Å². The van der Waals surface area contributed by atoms with Crippen LogP contribution in [0, 0.1) is 6.92 Å². The fourth-order valence-electron chi connectivity index (χ4n) is 4.40. The fraction of sp³-hybridized carbons (Fsp3) is 0.214. The lowest BCUT2D eigenvalue weighted by atomic mass is 9.91. The molecule has 1 unspecified atom stereocenters. The van der Waals surface area contributed by atoms with E-state index in [0.717, 1.165) is 11.1 Å². The summed E-state index contributed by atoms with van der Waals surface area (Å²) in [6.45, 7) is 5.89. The zero-order valence-electron chi connectivity index (χ0n) is 19.5. The van der Waals surface area contributed by atoms with Gasteiger partial charge in [0.15, 0.2) is 0 Å². The van der Waals surface area contributed by atoms with Crippen LogP contribution in [-0.4, -0.2) is 23.9 Å². The van der Waals surface area contributed by atoms with E-state index < -0.39 is 17.7 Å². The van der Waals surface area contributed by atoms with Gasteiger partial charge in [-0.05, 0) is 59.9 Å². The number of Topliss-reactive ketones (excluding diaryl/α,β-unsaturated/α-hetero) is 1. The molecule has 174 valence electrons. The molecule has 3 aromatic carbocycles. The molecule has 1 amide bonds. The van der Waals surface area contributed by atoms with Gasteiger partial charge in [0, 0.05) is 16.3 Å². The fourth-order valence-corrected chi connectivity index (χ4v) is 4.59. The van der Waals surface area contributed by atoms with Crippen LogP contribution in [-0.2, 0) is 9.59 Å². The van der Waals surface area contributed by atoms with Crippen molar-refractivity contribution in [2.24, 2.45) is 0 Å². The molecule has 0 aliphatic carbocycles. The van der Waals surface area contributed by atoms with Crippen LogP contribution in [0.25, 0.3) is 5.76 Å². The molecule has 6 heteroatoms. The van der Waals surface area contributed by atoms with Gasteiger partial charge in [-0.2, -0.15) is 0 Å². The average Bonchev–Trinajstić information content (AvgIpc) is 3.09. The van der Waals surface area contributed by atoms with E-state index in [1.54, 1.807) is 31.4 Å². The van der Waals surface area contributed by atoms with E-state index in [9.17, 15) is 14.7 Å². The van der Waals surface area contributed by atoms with Crippen LogP contribution in [0.15, 0.2) is 72.3 Å². The van der Waals surface area contributed by atoms with Crippen molar-refractivity contribution in [1.29, 1.82) is 0 Å². The van der Waals surface area contributed by atoms with E-state index in [-0.39, 0.29) is 17.3 Å². The minimum absolute atomic E-state index is 0.0409. The van der Waals surface area contributed by atoms with Crippen molar-refractivity contribution in [2.75, 3.05) is 12.0 Å². The minimum Gasteiger partial charge on any atom is -0.507 e. The maximum Gasteiger partial charge on any atom is 0.300 e. The zero-order chi connectivity index (χ0) is 24.6. The number of methoxy groups -OCH3 is 1. The van der Waals surface area contributed by atoms with Crippen LogP contribution in [0.2, 0.25) is 5.02 Å². The number of aryl methyl sites for hydroxylation is 1. The Morgan fingerprint density at radius 2 is 1.74 bits per heavy atom. The maximum absolute atomic E-state index is 13.4. The first-order valence-corrected chi connectivity index (χ1v) is 11.4. The third kappa shape index (κ3) is 4.08. The van der Waals surface area contributed by atoms with Crippen LogP contribution in [0.4, 0.5) is 5.69 Å².